The summed E-state index contributed by atoms with van der Waals surface area (Å²) in [6.07, 6.45) is 0. The highest BCUT2D eigenvalue weighted by molar-refractivity contribution is 9.11. The summed E-state index contributed by atoms with van der Waals surface area (Å²) in [5, 5.41) is 8.55. The van der Waals surface area contributed by atoms with Crippen LogP contribution in [0.4, 0.5) is 4.39 Å². The molecule has 62 valence electrons. The fourth-order valence-electron chi connectivity index (χ4n) is 0.817. The molecule has 1 unspecified atom stereocenters. The molecular weight excluding hydrogens is 289 g/mol. The number of alkyl halides is 1. The van der Waals surface area contributed by atoms with E-state index in [4.69, 9.17) is 5.26 Å². The SMILES string of the molecule is N#CC(Br)c1c(F)cccc1Br. The highest BCUT2D eigenvalue weighted by Crippen LogP contribution is 2.30. The molecule has 0 aliphatic carbocycles. The Hall–Kier alpha value is -0.400. The quantitative estimate of drug-likeness (QED) is 0.726. The van der Waals surface area contributed by atoms with Crippen molar-refractivity contribution in [2.45, 2.75) is 4.83 Å². The summed E-state index contributed by atoms with van der Waals surface area (Å²) in [6.45, 7) is 0. The Morgan fingerprint density at radius 1 is 1.50 bits per heavy atom. The summed E-state index contributed by atoms with van der Waals surface area (Å²) in [7, 11) is 0. The minimum Gasteiger partial charge on any atom is -0.207 e. The van der Waals surface area contributed by atoms with Crippen LogP contribution in [0.2, 0.25) is 0 Å². The molecule has 0 amide bonds. The van der Waals surface area contributed by atoms with Crippen molar-refractivity contribution in [1.82, 2.24) is 0 Å². The minimum atomic E-state index is -0.604. The molecule has 0 N–H and O–H groups in total. The third-order valence-electron chi connectivity index (χ3n) is 1.37. The lowest BCUT2D eigenvalue weighted by Crippen LogP contribution is -1.92. The fraction of sp³-hybridized carbons (Fsp3) is 0.125. The number of hydrogen-bond donors (Lipinski definition) is 0. The summed E-state index contributed by atoms with van der Waals surface area (Å²) in [5.41, 5.74) is 0.347. The van der Waals surface area contributed by atoms with Crippen LogP contribution in [-0.4, -0.2) is 0 Å². The first kappa shape index (κ1) is 9.69. The third kappa shape index (κ3) is 1.85. The molecule has 0 fully saturated rings. The highest BCUT2D eigenvalue weighted by Gasteiger charge is 2.14. The molecule has 0 saturated carbocycles. The van der Waals surface area contributed by atoms with Gasteiger partial charge >= 0.3 is 0 Å². The van der Waals surface area contributed by atoms with Crippen molar-refractivity contribution in [1.29, 1.82) is 5.26 Å². The second-order valence-corrected chi connectivity index (χ2v) is 3.90. The van der Waals surface area contributed by atoms with E-state index in [2.05, 4.69) is 31.9 Å². The molecule has 0 saturated heterocycles. The van der Waals surface area contributed by atoms with Crippen molar-refractivity contribution in [2.75, 3.05) is 0 Å². The van der Waals surface area contributed by atoms with E-state index in [1.54, 1.807) is 12.1 Å². The van der Waals surface area contributed by atoms with E-state index in [9.17, 15) is 4.39 Å². The highest BCUT2D eigenvalue weighted by atomic mass is 79.9. The standard InChI is InChI=1S/C8H4Br2FN/c9-5-2-1-3-7(11)8(5)6(10)4-12/h1-3,6H. The van der Waals surface area contributed by atoms with Gasteiger partial charge in [-0.05, 0) is 12.1 Å². The molecule has 0 radical (unpaired) electrons. The van der Waals surface area contributed by atoms with Gasteiger partial charge in [0.05, 0.1) is 6.07 Å². The first-order valence-corrected chi connectivity index (χ1v) is 4.85. The molecule has 0 aromatic heterocycles. The molecular formula is C8H4Br2FN. The van der Waals surface area contributed by atoms with Gasteiger partial charge in [0, 0.05) is 10.0 Å². The minimum absolute atomic E-state index is 0.347. The second-order valence-electron chi connectivity index (χ2n) is 2.13. The number of halogens is 3. The van der Waals surface area contributed by atoms with E-state index >= 15 is 0 Å². The summed E-state index contributed by atoms with van der Waals surface area (Å²) >= 11 is 6.22. The molecule has 1 nitrogen and oxygen atoms in total. The van der Waals surface area contributed by atoms with E-state index in [0.29, 0.717) is 10.0 Å². The maximum absolute atomic E-state index is 13.1. The van der Waals surface area contributed by atoms with Crippen LogP contribution in [0, 0.1) is 17.1 Å². The van der Waals surface area contributed by atoms with E-state index in [1.807, 2.05) is 6.07 Å². The fourth-order valence-corrected chi connectivity index (χ4v) is 2.16. The number of rotatable bonds is 1. The van der Waals surface area contributed by atoms with Gasteiger partial charge in [0.25, 0.3) is 0 Å². The number of hydrogen-bond acceptors (Lipinski definition) is 1. The largest absolute Gasteiger partial charge is 0.207 e. The molecule has 1 rings (SSSR count). The number of nitriles is 1. The van der Waals surface area contributed by atoms with Crippen LogP contribution < -0.4 is 0 Å². The van der Waals surface area contributed by atoms with Crippen LogP contribution in [-0.2, 0) is 0 Å². The van der Waals surface area contributed by atoms with Gasteiger partial charge in [0.2, 0.25) is 0 Å². The van der Waals surface area contributed by atoms with Gasteiger partial charge in [-0.25, -0.2) is 4.39 Å². The summed E-state index contributed by atoms with van der Waals surface area (Å²) in [5.74, 6) is -0.382. The molecule has 4 heteroatoms. The molecule has 0 bridgehead atoms. The zero-order valence-electron chi connectivity index (χ0n) is 5.89. The second kappa shape index (κ2) is 4.01. The average Bonchev–Trinajstić information content (AvgIpc) is 2.03. The monoisotopic (exact) mass is 291 g/mol. The van der Waals surface area contributed by atoms with Gasteiger partial charge in [-0.15, -0.1) is 0 Å². The van der Waals surface area contributed by atoms with Crippen molar-refractivity contribution in [2.24, 2.45) is 0 Å². The summed E-state index contributed by atoms with van der Waals surface area (Å²) < 4.78 is 13.7. The molecule has 1 atom stereocenters. The lowest BCUT2D eigenvalue weighted by Gasteiger charge is -2.04. The molecule has 0 aliphatic heterocycles. The molecule has 12 heavy (non-hydrogen) atoms. The van der Waals surface area contributed by atoms with Gasteiger partial charge in [-0.3, -0.25) is 0 Å². The van der Waals surface area contributed by atoms with E-state index in [1.165, 1.54) is 6.07 Å². The molecule has 1 aromatic rings. The van der Waals surface area contributed by atoms with E-state index in [0.717, 1.165) is 0 Å². The van der Waals surface area contributed by atoms with Crippen LogP contribution in [0.5, 0.6) is 0 Å². The number of nitrogens with zero attached hydrogens (tertiary/aromatic N) is 1. The maximum Gasteiger partial charge on any atom is 0.130 e. The Bertz CT molecular complexity index is 312. The Labute approximate surface area is 86.5 Å². The third-order valence-corrected chi connectivity index (χ3v) is 2.72. The van der Waals surface area contributed by atoms with Crippen LogP contribution in [0.15, 0.2) is 22.7 Å². The summed E-state index contributed by atoms with van der Waals surface area (Å²) in [6, 6.07) is 6.52. The molecule has 0 heterocycles. The average molecular weight is 293 g/mol. The topological polar surface area (TPSA) is 23.8 Å². The Balaban J connectivity index is 3.23. The van der Waals surface area contributed by atoms with Crippen molar-refractivity contribution >= 4 is 31.9 Å². The van der Waals surface area contributed by atoms with Gasteiger partial charge in [-0.2, -0.15) is 5.26 Å². The zero-order valence-corrected chi connectivity index (χ0v) is 9.06. The predicted molar refractivity (Wildman–Crippen MR) is 51.4 cm³/mol. The van der Waals surface area contributed by atoms with Crippen LogP contribution >= 0.6 is 31.9 Å². The smallest absolute Gasteiger partial charge is 0.130 e. The summed E-state index contributed by atoms with van der Waals surface area (Å²) in [4.78, 5) is -0.604. The molecule has 0 spiro atoms. The Morgan fingerprint density at radius 3 is 2.67 bits per heavy atom. The van der Waals surface area contributed by atoms with Gasteiger partial charge in [0.1, 0.15) is 10.6 Å². The van der Waals surface area contributed by atoms with Gasteiger partial charge in [0.15, 0.2) is 0 Å². The van der Waals surface area contributed by atoms with Gasteiger partial charge < -0.3 is 0 Å². The lowest BCUT2D eigenvalue weighted by molar-refractivity contribution is 0.613. The Kier molecular flexibility index (Phi) is 3.24. The lowest BCUT2D eigenvalue weighted by atomic mass is 10.1. The van der Waals surface area contributed by atoms with Crippen molar-refractivity contribution in [3.8, 4) is 6.07 Å². The van der Waals surface area contributed by atoms with Crippen LogP contribution in [0.1, 0.15) is 10.4 Å². The van der Waals surface area contributed by atoms with E-state index in [-0.39, 0.29) is 5.82 Å². The van der Waals surface area contributed by atoms with Crippen molar-refractivity contribution in [3.05, 3.63) is 34.1 Å². The molecule has 1 aromatic carbocycles. The van der Waals surface area contributed by atoms with Crippen molar-refractivity contribution < 1.29 is 4.39 Å². The number of benzene rings is 1. The maximum atomic E-state index is 13.1. The van der Waals surface area contributed by atoms with Crippen LogP contribution in [0.3, 0.4) is 0 Å². The first-order chi connectivity index (χ1) is 5.66. The predicted octanol–water partition coefficient (Wildman–Crippen LogP) is 3.55. The zero-order chi connectivity index (χ0) is 9.14. The van der Waals surface area contributed by atoms with Crippen LogP contribution in [0.25, 0.3) is 0 Å². The van der Waals surface area contributed by atoms with Gasteiger partial charge in [-0.1, -0.05) is 37.9 Å². The Morgan fingerprint density at radius 2 is 2.17 bits per heavy atom. The normalized spacial score (nSPS) is 12.2. The molecule has 0 aliphatic rings. The first-order valence-electron chi connectivity index (χ1n) is 3.14. The van der Waals surface area contributed by atoms with Crippen molar-refractivity contribution in [3.63, 3.8) is 0 Å². The van der Waals surface area contributed by atoms with E-state index < -0.39 is 4.83 Å².